The molecule has 100 valence electrons. The van der Waals surface area contributed by atoms with Crippen LogP contribution in [0.4, 0.5) is 16.5 Å². The number of hydrogen-bond acceptors (Lipinski definition) is 6. The van der Waals surface area contributed by atoms with Gasteiger partial charge in [-0.15, -0.1) is 11.3 Å². The maximum atomic E-state index is 11.3. The average molecular weight is 277 g/mol. The third-order valence-electron chi connectivity index (χ3n) is 2.53. The molecule has 0 aliphatic heterocycles. The number of anilines is 3. The number of hydrogen-bond donors (Lipinski definition) is 1. The lowest BCUT2D eigenvalue weighted by molar-refractivity contribution is 0.0595. The van der Waals surface area contributed by atoms with E-state index >= 15 is 0 Å². The number of nitrogens with zero attached hydrogens (tertiary/aromatic N) is 2. The fraction of sp³-hybridized carbons (Fsp3) is 0.231. The van der Waals surface area contributed by atoms with Gasteiger partial charge in [0.25, 0.3) is 0 Å². The number of thiazole rings is 1. The second kappa shape index (κ2) is 5.71. The van der Waals surface area contributed by atoms with E-state index in [0.717, 1.165) is 11.4 Å². The van der Waals surface area contributed by atoms with Crippen molar-refractivity contribution in [2.45, 2.75) is 0 Å². The van der Waals surface area contributed by atoms with Crippen molar-refractivity contribution in [2.75, 3.05) is 31.4 Å². The van der Waals surface area contributed by atoms with Crippen LogP contribution in [0.1, 0.15) is 10.5 Å². The Hall–Kier alpha value is -2.08. The Balaban J connectivity index is 2.08. The lowest BCUT2D eigenvalue weighted by Gasteiger charge is -2.12. The summed E-state index contributed by atoms with van der Waals surface area (Å²) in [4.78, 5) is 17.5. The first kappa shape index (κ1) is 13.4. The van der Waals surface area contributed by atoms with Crippen LogP contribution >= 0.6 is 11.3 Å². The molecular formula is C13H15N3O2S. The average Bonchev–Trinajstić information content (AvgIpc) is 2.87. The summed E-state index contributed by atoms with van der Waals surface area (Å²) in [6.07, 6.45) is 0. The van der Waals surface area contributed by atoms with Crippen LogP contribution in [0.3, 0.4) is 0 Å². The maximum Gasteiger partial charge on any atom is 0.357 e. The molecule has 0 saturated heterocycles. The van der Waals surface area contributed by atoms with Crippen LogP contribution in [0, 0.1) is 0 Å². The summed E-state index contributed by atoms with van der Waals surface area (Å²) in [5.41, 5.74) is 2.37. The van der Waals surface area contributed by atoms with Gasteiger partial charge in [-0.25, -0.2) is 9.78 Å². The fourth-order valence-corrected chi connectivity index (χ4v) is 2.20. The molecule has 0 spiro atoms. The van der Waals surface area contributed by atoms with E-state index < -0.39 is 5.97 Å². The lowest BCUT2D eigenvalue weighted by Crippen LogP contribution is -2.08. The highest BCUT2D eigenvalue weighted by atomic mass is 32.1. The highest BCUT2D eigenvalue weighted by molar-refractivity contribution is 7.14. The summed E-state index contributed by atoms with van der Waals surface area (Å²) in [5.74, 6) is -0.424. The van der Waals surface area contributed by atoms with Crippen molar-refractivity contribution in [1.29, 1.82) is 0 Å². The SMILES string of the molecule is COC(=O)c1csc(Nc2ccc(N(C)C)cc2)n1. The molecule has 0 saturated carbocycles. The minimum absolute atomic E-state index is 0.319. The normalized spacial score (nSPS) is 10.1. The molecule has 1 heterocycles. The van der Waals surface area contributed by atoms with Gasteiger partial charge in [0.1, 0.15) is 0 Å². The Labute approximate surface area is 115 Å². The van der Waals surface area contributed by atoms with Gasteiger partial charge in [-0.05, 0) is 24.3 Å². The molecular weight excluding hydrogens is 262 g/mol. The van der Waals surface area contributed by atoms with Crippen LogP contribution in [-0.4, -0.2) is 32.2 Å². The van der Waals surface area contributed by atoms with Gasteiger partial charge in [0.15, 0.2) is 10.8 Å². The van der Waals surface area contributed by atoms with Crippen LogP contribution < -0.4 is 10.2 Å². The molecule has 0 bridgehead atoms. The molecule has 2 rings (SSSR count). The van der Waals surface area contributed by atoms with Crippen molar-refractivity contribution in [3.8, 4) is 0 Å². The van der Waals surface area contributed by atoms with Crippen molar-refractivity contribution >= 4 is 33.8 Å². The number of methoxy groups -OCH3 is 1. The topological polar surface area (TPSA) is 54.5 Å². The molecule has 1 N–H and O–H groups in total. The van der Waals surface area contributed by atoms with Gasteiger partial charge < -0.3 is 15.0 Å². The first-order valence-corrected chi connectivity index (χ1v) is 6.56. The molecule has 1 aromatic heterocycles. The van der Waals surface area contributed by atoms with Gasteiger partial charge in [0.05, 0.1) is 7.11 Å². The molecule has 0 aliphatic rings. The fourth-order valence-electron chi connectivity index (χ4n) is 1.50. The third kappa shape index (κ3) is 3.23. The Morgan fingerprint density at radius 2 is 2.00 bits per heavy atom. The second-order valence-electron chi connectivity index (χ2n) is 4.10. The van der Waals surface area contributed by atoms with E-state index in [2.05, 4.69) is 15.0 Å². The number of carbonyl (C=O) groups excluding carboxylic acids is 1. The van der Waals surface area contributed by atoms with Crippen molar-refractivity contribution in [2.24, 2.45) is 0 Å². The van der Waals surface area contributed by atoms with Gasteiger partial charge in [0, 0.05) is 30.9 Å². The number of aromatic nitrogens is 1. The molecule has 0 aliphatic carbocycles. The van der Waals surface area contributed by atoms with E-state index in [0.29, 0.717) is 10.8 Å². The smallest absolute Gasteiger partial charge is 0.357 e. The molecule has 2 aromatic rings. The monoisotopic (exact) mass is 277 g/mol. The third-order valence-corrected chi connectivity index (χ3v) is 3.29. The Bertz CT molecular complexity index is 564. The van der Waals surface area contributed by atoms with Gasteiger partial charge in [0.2, 0.25) is 0 Å². The Morgan fingerprint density at radius 3 is 2.58 bits per heavy atom. The minimum atomic E-state index is -0.424. The van der Waals surface area contributed by atoms with Crippen molar-refractivity contribution in [3.63, 3.8) is 0 Å². The highest BCUT2D eigenvalue weighted by Gasteiger charge is 2.10. The molecule has 5 nitrogen and oxygen atoms in total. The number of rotatable bonds is 4. The van der Waals surface area contributed by atoms with Crippen LogP contribution in [0.2, 0.25) is 0 Å². The largest absolute Gasteiger partial charge is 0.464 e. The highest BCUT2D eigenvalue weighted by Crippen LogP contribution is 2.23. The van der Waals surface area contributed by atoms with Crippen LogP contribution in [0.15, 0.2) is 29.6 Å². The molecule has 19 heavy (non-hydrogen) atoms. The number of nitrogens with one attached hydrogen (secondary N) is 1. The first-order valence-electron chi connectivity index (χ1n) is 5.68. The lowest BCUT2D eigenvalue weighted by atomic mass is 10.2. The van der Waals surface area contributed by atoms with E-state index in [4.69, 9.17) is 0 Å². The van der Waals surface area contributed by atoms with E-state index in [1.54, 1.807) is 5.38 Å². The zero-order valence-corrected chi connectivity index (χ0v) is 11.8. The molecule has 0 fully saturated rings. The van der Waals surface area contributed by atoms with Gasteiger partial charge in [-0.1, -0.05) is 0 Å². The minimum Gasteiger partial charge on any atom is -0.464 e. The van der Waals surface area contributed by atoms with Crippen molar-refractivity contribution in [1.82, 2.24) is 4.98 Å². The van der Waals surface area contributed by atoms with Crippen molar-refractivity contribution < 1.29 is 9.53 Å². The summed E-state index contributed by atoms with van der Waals surface area (Å²) in [6.45, 7) is 0. The first-order chi connectivity index (χ1) is 9.10. The quantitative estimate of drug-likeness (QED) is 0.871. The van der Waals surface area contributed by atoms with Gasteiger partial charge in [-0.2, -0.15) is 0 Å². The van der Waals surface area contributed by atoms with Gasteiger partial charge in [-0.3, -0.25) is 0 Å². The van der Waals surface area contributed by atoms with Crippen LogP contribution in [0.25, 0.3) is 0 Å². The molecule has 0 radical (unpaired) electrons. The summed E-state index contributed by atoms with van der Waals surface area (Å²) >= 11 is 1.37. The van der Waals surface area contributed by atoms with Crippen molar-refractivity contribution in [3.05, 3.63) is 35.3 Å². The number of benzene rings is 1. The summed E-state index contributed by atoms with van der Waals surface area (Å²) in [7, 11) is 5.33. The van der Waals surface area contributed by atoms with Crippen LogP contribution in [-0.2, 0) is 4.74 Å². The summed E-state index contributed by atoms with van der Waals surface area (Å²) in [6, 6.07) is 7.96. The zero-order valence-electron chi connectivity index (χ0n) is 11.0. The maximum absolute atomic E-state index is 11.3. The number of ether oxygens (including phenoxy) is 1. The Morgan fingerprint density at radius 1 is 1.32 bits per heavy atom. The van der Waals surface area contributed by atoms with Crippen LogP contribution in [0.5, 0.6) is 0 Å². The molecule has 0 amide bonds. The number of carbonyl (C=O) groups is 1. The van der Waals surface area contributed by atoms with E-state index in [1.807, 2.05) is 43.3 Å². The standard InChI is InChI=1S/C13H15N3O2S/c1-16(2)10-6-4-9(5-7-10)14-13-15-11(8-19-13)12(17)18-3/h4-8H,1-3H3,(H,14,15). The number of esters is 1. The zero-order chi connectivity index (χ0) is 13.8. The predicted molar refractivity (Wildman–Crippen MR) is 77.5 cm³/mol. The Kier molecular flexibility index (Phi) is 4.01. The van der Waals surface area contributed by atoms with Gasteiger partial charge >= 0.3 is 5.97 Å². The van der Waals surface area contributed by atoms with E-state index in [9.17, 15) is 4.79 Å². The molecule has 6 heteroatoms. The summed E-state index contributed by atoms with van der Waals surface area (Å²) < 4.78 is 4.61. The molecule has 1 aromatic carbocycles. The van der Waals surface area contributed by atoms with E-state index in [-0.39, 0.29) is 0 Å². The molecule has 0 unspecified atom stereocenters. The predicted octanol–water partition coefficient (Wildman–Crippen LogP) is 2.74. The second-order valence-corrected chi connectivity index (χ2v) is 4.95. The van der Waals surface area contributed by atoms with E-state index in [1.165, 1.54) is 18.4 Å². The summed E-state index contributed by atoms with van der Waals surface area (Å²) in [5, 5.41) is 5.48. The molecule has 0 atom stereocenters.